The minimum atomic E-state index is -1.22. The average Bonchev–Trinajstić information content (AvgIpc) is 3.77. The summed E-state index contributed by atoms with van der Waals surface area (Å²) in [6, 6.07) is 12.5. The topological polar surface area (TPSA) is 122 Å². The number of aromatic hydroxyl groups is 1. The molecule has 4 amide bonds. The molecule has 4 aromatic rings. The number of phenols is 1. The molecule has 5 heterocycles. The lowest BCUT2D eigenvalue weighted by molar-refractivity contribution is -0.140. The third-order valence-electron chi connectivity index (χ3n) is 12.0. The number of fused-ring (bicyclic) bond motifs is 6. The molecule has 2 aromatic heterocycles. The number of aryl methyl sites for hydroxylation is 2. The molecule has 9 rings (SSSR count). The molecule has 1 N–H and O–H groups in total. The van der Waals surface area contributed by atoms with Crippen LogP contribution in [0.2, 0.25) is 5.02 Å². The van der Waals surface area contributed by atoms with E-state index in [9.17, 15) is 19.5 Å². The van der Waals surface area contributed by atoms with Crippen molar-refractivity contribution < 1.29 is 29.0 Å². The summed E-state index contributed by atoms with van der Waals surface area (Å²) >= 11 is 7.89. The van der Waals surface area contributed by atoms with E-state index in [0.717, 1.165) is 37.2 Å². The number of carbonyl (C=O) groups is 4. The summed E-state index contributed by atoms with van der Waals surface area (Å²) < 4.78 is 8.75. The first-order valence-electron chi connectivity index (χ1n) is 17.3. The van der Waals surface area contributed by atoms with Crippen LogP contribution in [-0.4, -0.2) is 50.0 Å². The number of halogens is 1. The third-order valence-corrected chi connectivity index (χ3v) is 13.6. The molecule has 2 aliphatic carbocycles. The zero-order valence-electron chi connectivity index (χ0n) is 28.5. The van der Waals surface area contributed by atoms with E-state index in [2.05, 4.69) is 0 Å². The van der Waals surface area contributed by atoms with Crippen molar-refractivity contribution >= 4 is 62.5 Å². The van der Waals surface area contributed by atoms with Crippen molar-refractivity contribution in [2.24, 2.45) is 42.1 Å². The number of hydrogen-bond acceptors (Lipinski definition) is 8. The van der Waals surface area contributed by atoms with Crippen molar-refractivity contribution in [3.8, 4) is 22.1 Å². The van der Waals surface area contributed by atoms with Crippen molar-refractivity contribution in [3.05, 3.63) is 82.1 Å². The van der Waals surface area contributed by atoms with Crippen LogP contribution < -0.4 is 9.64 Å². The first-order valence-corrected chi connectivity index (χ1v) is 18.5. The van der Waals surface area contributed by atoms with Crippen LogP contribution in [-0.2, 0) is 32.6 Å². The van der Waals surface area contributed by atoms with Crippen molar-refractivity contribution in [3.63, 3.8) is 0 Å². The van der Waals surface area contributed by atoms with Gasteiger partial charge >= 0.3 is 0 Å². The van der Waals surface area contributed by atoms with Gasteiger partial charge in [-0.05, 0) is 92.5 Å². The summed E-state index contributed by atoms with van der Waals surface area (Å²) in [5.41, 5.74) is 2.89. The Morgan fingerprint density at radius 1 is 1.06 bits per heavy atom. The van der Waals surface area contributed by atoms with E-state index in [1.54, 1.807) is 60.5 Å². The normalized spacial score (nSPS) is 28.4. The number of benzene rings is 2. The third kappa shape index (κ3) is 4.37. The Kier molecular flexibility index (Phi) is 7.02. The highest BCUT2D eigenvalue weighted by Gasteiger charge is 2.68. The molecule has 3 fully saturated rings. The summed E-state index contributed by atoms with van der Waals surface area (Å²) in [6.07, 6.45) is 4.75. The largest absolute Gasteiger partial charge is 0.508 e. The number of thiophene rings is 1. The van der Waals surface area contributed by atoms with Crippen LogP contribution in [0.15, 0.2) is 65.9 Å². The second kappa shape index (κ2) is 11.1. The highest BCUT2D eigenvalue weighted by Crippen LogP contribution is 2.63. The van der Waals surface area contributed by atoms with E-state index >= 15 is 4.79 Å². The molecule has 0 spiro atoms. The predicted molar refractivity (Wildman–Crippen MR) is 192 cm³/mol. The molecule has 6 unspecified atom stereocenters. The van der Waals surface area contributed by atoms with Gasteiger partial charge in [-0.1, -0.05) is 23.3 Å². The standard InChI is InChI=1S/C39H35ClN4O6S/c1-5-43-35(46)24-9-8-23-26(32(24)37(43)48)15-27-36(47)44(31-16-28(41-42(31)4)34-18(2)25-14-21(40)6-11-30(25)51-34)38(49)39(27,3)33(23)20-12-19-13-22(45)7-10-29(19)50-17-20/h6-8,10-11,13-14,16-17,24,26-27,32-33,45H,5,9,12,15H2,1-4H3. The quantitative estimate of drug-likeness (QED) is 0.187. The zero-order chi connectivity index (χ0) is 35.7. The molecular formula is C39H35ClN4O6S. The SMILES string of the molecule is CCN1C(=O)C2CC=C3C(CC4C(=O)N(c5cc(-c6sc7ccc(Cl)cc7c6C)nn5C)C(=O)C4(C)C3C3=COc4ccc(O)cc4C3)C2C1=O. The second-order valence-electron chi connectivity index (χ2n) is 14.6. The Balaban J connectivity index is 1.16. The van der Waals surface area contributed by atoms with Crippen LogP contribution in [0.5, 0.6) is 11.5 Å². The molecule has 260 valence electrons. The van der Waals surface area contributed by atoms with Crippen LogP contribution in [0.25, 0.3) is 20.7 Å². The number of anilines is 1. The van der Waals surface area contributed by atoms with Crippen molar-refractivity contribution in [1.29, 1.82) is 0 Å². The summed E-state index contributed by atoms with van der Waals surface area (Å²) in [5.74, 6) is -2.85. The fourth-order valence-electron chi connectivity index (χ4n) is 9.66. The lowest BCUT2D eigenvalue weighted by atomic mass is 9.51. The van der Waals surface area contributed by atoms with Gasteiger partial charge < -0.3 is 9.84 Å². The number of rotatable bonds is 4. The lowest BCUT2D eigenvalue weighted by Gasteiger charge is -2.49. The van der Waals surface area contributed by atoms with E-state index in [4.69, 9.17) is 21.4 Å². The fraction of sp³-hybridized carbons (Fsp3) is 0.359. The molecule has 2 aromatic carbocycles. The van der Waals surface area contributed by atoms with E-state index in [1.165, 1.54) is 9.80 Å². The molecule has 5 aliphatic rings. The number of carbonyl (C=O) groups excluding carboxylic acids is 4. The number of imide groups is 2. The Labute approximate surface area is 302 Å². The molecule has 1 saturated carbocycles. The second-order valence-corrected chi connectivity index (χ2v) is 16.1. The number of nitrogens with zero attached hydrogens (tertiary/aromatic N) is 4. The van der Waals surface area contributed by atoms with Crippen molar-refractivity contribution in [2.45, 2.75) is 40.0 Å². The smallest absolute Gasteiger partial charge is 0.242 e. The predicted octanol–water partition coefficient (Wildman–Crippen LogP) is 6.57. The van der Waals surface area contributed by atoms with Gasteiger partial charge in [0.15, 0.2) is 0 Å². The van der Waals surface area contributed by atoms with Gasteiger partial charge in [0.2, 0.25) is 23.6 Å². The van der Waals surface area contributed by atoms with Gasteiger partial charge in [0.05, 0.1) is 34.3 Å². The van der Waals surface area contributed by atoms with Crippen LogP contribution in [0.3, 0.4) is 0 Å². The molecule has 10 nitrogen and oxygen atoms in total. The minimum Gasteiger partial charge on any atom is -0.508 e. The maximum absolute atomic E-state index is 15.1. The molecule has 12 heteroatoms. The van der Waals surface area contributed by atoms with Crippen LogP contribution in [0.1, 0.15) is 37.8 Å². The van der Waals surface area contributed by atoms with Gasteiger partial charge in [0.1, 0.15) is 23.0 Å². The number of ether oxygens (including phenoxy) is 1. The number of amides is 4. The summed E-state index contributed by atoms with van der Waals surface area (Å²) in [7, 11) is 1.73. The maximum Gasteiger partial charge on any atom is 0.242 e. The highest BCUT2D eigenvalue weighted by molar-refractivity contribution is 7.22. The first-order chi connectivity index (χ1) is 24.4. The molecule has 3 aliphatic heterocycles. The number of allylic oxidation sites excluding steroid dienone is 3. The van der Waals surface area contributed by atoms with Crippen LogP contribution in [0, 0.1) is 41.9 Å². The van der Waals surface area contributed by atoms with Crippen LogP contribution in [0.4, 0.5) is 5.82 Å². The van der Waals surface area contributed by atoms with Gasteiger partial charge in [-0.3, -0.25) is 28.8 Å². The van der Waals surface area contributed by atoms with E-state index in [-0.39, 0.29) is 42.3 Å². The number of hydrogen-bond donors (Lipinski definition) is 1. The average molecular weight is 723 g/mol. The van der Waals surface area contributed by atoms with Gasteiger partial charge in [-0.25, -0.2) is 4.90 Å². The zero-order valence-corrected chi connectivity index (χ0v) is 30.0. The van der Waals surface area contributed by atoms with E-state index in [0.29, 0.717) is 35.1 Å². The summed E-state index contributed by atoms with van der Waals surface area (Å²) in [6.45, 7) is 5.97. The number of aromatic nitrogens is 2. The first kappa shape index (κ1) is 32.2. The minimum absolute atomic E-state index is 0.0981. The Morgan fingerprint density at radius 3 is 2.65 bits per heavy atom. The number of phenolic OH excluding ortho intramolecular Hbond substituents is 1. The lowest BCUT2D eigenvalue weighted by Crippen LogP contribution is -2.51. The van der Waals surface area contributed by atoms with E-state index < -0.39 is 35.0 Å². The Bertz CT molecular complexity index is 2320. The van der Waals surface area contributed by atoms with Gasteiger partial charge in [0.25, 0.3) is 0 Å². The monoisotopic (exact) mass is 722 g/mol. The molecule has 6 atom stereocenters. The maximum atomic E-state index is 15.1. The van der Waals surface area contributed by atoms with Gasteiger partial charge in [0, 0.05) is 47.3 Å². The van der Waals surface area contributed by atoms with Crippen molar-refractivity contribution in [1.82, 2.24) is 14.7 Å². The number of likely N-dealkylation sites (tertiary alicyclic amines) is 1. The highest BCUT2D eigenvalue weighted by atomic mass is 35.5. The summed E-state index contributed by atoms with van der Waals surface area (Å²) in [5, 5.41) is 16.8. The van der Waals surface area contributed by atoms with Crippen LogP contribution >= 0.6 is 22.9 Å². The van der Waals surface area contributed by atoms with Gasteiger partial charge in [-0.15, -0.1) is 11.3 Å². The van der Waals surface area contributed by atoms with Gasteiger partial charge in [-0.2, -0.15) is 5.10 Å². The van der Waals surface area contributed by atoms with E-state index in [1.807, 2.05) is 38.1 Å². The molecule has 51 heavy (non-hydrogen) atoms. The summed E-state index contributed by atoms with van der Waals surface area (Å²) in [4.78, 5) is 60.6. The molecular weight excluding hydrogens is 688 g/mol. The Hall–Kier alpha value is -4.74. The molecule has 0 radical (unpaired) electrons. The molecule has 0 bridgehead atoms. The Morgan fingerprint density at radius 2 is 1.86 bits per heavy atom. The fourth-order valence-corrected chi connectivity index (χ4v) is 11.0. The molecule has 2 saturated heterocycles. The van der Waals surface area contributed by atoms with Crippen molar-refractivity contribution in [2.75, 3.05) is 11.4 Å².